The monoisotopic (exact) mass is 307 g/mol. The maximum Gasteiger partial charge on any atom is 0.270 e. The molecule has 1 saturated heterocycles. The normalized spacial score (nSPS) is 19.5. The Kier molecular flexibility index (Phi) is 5.25. The van der Waals surface area contributed by atoms with Crippen molar-refractivity contribution in [2.45, 2.75) is 58.8 Å². The van der Waals surface area contributed by atoms with Crippen LogP contribution in [-0.4, -0.2) is 18.0 Å². The maximum atomic E-state index is 13.4. The minimum atomic E-state index is -2.77. The number of halogens is 2. The summed E-state index contributed by atoms with van der Waals surface area (Å²) in [5, 5.41) is 0. The lowest BCUT2D eigenvalue weighted by molar-refractivity contribution is 0.0174. The van der Waals surface area contributed by atoms with Crippen LogP contribution in [0, 0.1) is 0 Å². The van der Waals surface area contributed by atoms with Crippen LogP contribution in [0.15, 0.2) is 35.5 Å². The molecule has 22 heavy (non-hydrogen) atoms. The third-order valence-electron chi connectivity index (χ3n) is 4.42. The summed E-state index contributed by atoms with van der Waals surface area (Å²) >= 11 is 0. The lowest BCUT2D eigenvalue weighted by atomic mass is 9.84. The van der Waals surface area contributed by atoms with Gasteiger partial charge in [-0.05, 0) is 38.7 Å². The van der Waals surface area contributed by atoms with Gasteiger partial charge < -0.3 is 4.90 Å². The number of likely N-dealkylation sites (tertiary alicyclic amines) is 1. The van der Waals surface area contributed by atoms with E-state index < -0.39 is 5.92 Å². The Labute approximate surface area is 133 Å². The van der Waals surface area contributed by atoms with Crippen LogP contribution in [0.5, 0.6) is 0 Å². The quantitative estimate of drug-likeness (QED) is 0.691. The molecular formula is C19H27F2N. The number of hydrogen-bond donors (Lipinski definition) is 0. The van der Waals surface area contributed by atoms with Gasteiger partial charge in [0.25, 0.3) is 5.92 Å². The molecule has 1 fully saturated rings. The summed E-state index contributed by atoms with van der Waals surface area (Å²) in [5.41, 5.74) is 3.98. The van der Waals surface area contributed by atoms with E-state index in [1.54, 1.807) is 12.1 Å². The molecule has 1 nitrogen and oxygen atoms in total. The fraction of sp³-hybridized carbons (Fsp3) is 0.579. The highest BCUT2D eigenvalue weighted by molar-refractivity contribution is 5.34. The lowest BCUT2D eigenvalue weighted by Crippen LogP contribution is -2.33. The highest BCUT2D eigenvalue weighted by Crippen LogP contribution is 2.38. The Morgan fingerprint density at radius 2 is 1.86 bits per heavy atom. The molecule has 0 spiro atoms. The van der Waals surface area contributed by atoms with Gasteiger partial charge in [0.1, 0.15) is 0 Å². The van der Waals surface area contributed by atoms with E-state index in [-0.39, 0.29) is 5.56 Å². The molecule has 0 aliphatic carbocycles. The van der Waals surface area contributed by atoms with Crippen molar-refractivity contribution in [2.24, 2.45) is 0 Å². The second-order valence-electron chi connectivity index (χ2n) is 6.58. The second kappa shape index (κ2) is 6.80. The van der Waals surface area contributed by atoms with Crippen molar-refractivity contribution in [1.29, 1.82) is 0 Å². The molecule has 0 radical (unpaired) electrons. The molecule has 2 rings (SSSR count). The molecule has 3 heteroatoms. The standard InChI is InChI=1S/C19H27F2N/c1-5-12-22-13-6-7-17(18(22)14(2)3)15-8-10-16(11-9-15)19(4,20)21/h8-11,17H,5-7,12-13H2,1-4H3. The van der Waals surface area contributed by atoms with Crippen molar-refractivity contribution in [3.8, 4) is 0 Å². The third-order valence-corrected chi connectivity index (χ3v) is 4.42. The van der Waals surface area contributed by atoms with E-state index in [9.17, 15) is 8.78 Å². The molecule has 1 heterocycles. The molecule has 0 N–H and O–H groups in total. The maximum absolute atomic E-state index is 13.4. The highest BCUT2D eigenvalue weighted by atomic mass is 19.3. The average molecular weight is 307 g/mol. The summed E-state index contributed by atoms with van der Waals surface area (Å²) < 4.78 is 26.8. The molecule has 1 aromatic rings. The van der Waals surface area contributed by atoms with Gasteiger partial charge in [0.15, 0.2) is 0 Å². The number of benzene rings is 1. The molecule has 1 atom stereocenters. The number of rotatable bonds is 4. The Bertz CT molecular complexity index is 519. The zero-order chi connectivity index (χ0) is 16.3. The Morgan fingerprint density at radius 1 is 1.23 bits per heavy atom. The van der Waals surface area contributed by atoms with Gasteiger partial charge >= 0.3 is 0 Å². The van der Waals surface area contributed by atoms with Crippen molar-refractivity contribution in [3.63, 3.8) is 0 Å². The first-order valence-corrected chi connectivity index (χ1v) is 8.25. The summed E-state index contributed by atoms with van der Waals surface area (Å²) in [7, 11) is 0. The number of nitrogens with zero attached hydrogens (tertiary/aromatic N) is 1. The molecule has 0 amide bonds. The van der Waals surface area contributed by atoms with Gasteiger partial charge in [0, 0.05) is 37.2 Å². The molecule has 0 saturated carbocycles. The fourth-order valence-electron chi connectivity index (χ4n) is 3.46. The second-order valence-corrected chi connectivity index (χ2v) is 6.58. The van der Waals surface area contributed by atoms with E-state index in [4.69, 9.17) is 0 Å². The highest BCUT2D eigenvalue weighted by Gasteiger charge is 2.28. The first-order chi connectivity index (χ1) is 10.3. The van der Waals surface area contributed by atoms with Gasteiger partial charge in [-0.15, -0.1) is 0 Å². The van der Waals surface area contributed by atoms with E-state index in [2.05, 4.69) is 25.7 Å². The summed E-state index contributed by atoms with van der Waals surface area (Å²) in [4.78, 5) is 2.48. The van der Waals surface area contributed by atoms with E-state index >= 15 is 0 Å². The average Bonchev–Trinajstić information content (AvgIpc) is 2.46. The van der Waals surface area contributed by atoms with E-state index in [1.165, 1.54) is 11.3 Å². The van der Waals surface area contributed by atoms with Gasteiger partial charge in [-0.1, -0.05) is 36.8 Å². The van der Waals surface area contributed by atoms with Crippen molar-refractivity contribution in [3.05, 3.63) is 46.7 Å². The van der Waals surface area contributed by atoms with Crippen molar-refractivity contribution in [1.82, 2.24) is 4.90 Å². The lowest BCUT2D eigenvalue weighted by Gasteiger charge is -2.39. The van der Waals surface area contributed by atoms with E-state index in [0.717, 1.165) is 44.8 Å². The molecule has 1 aliphatic rings. The molecule has 1 aliphatic heterocycles. The van der Waals surface area contributed by atoms with Gasteiger partial charge in [-0.2, -0.15) is 0 Å². The van der Waals surface area contributed by atoms with Crippen molar-refractivity contribution < 1.29 is 8.78 Å². The number of allylic oxidation sites excluding steroid dienone is 2. The number of piperidine rings is 1. The van der Waals surface area contributed by atoms with Gasteiger partial charge in [0.2, 0.25) is 0 Å². The van der Waals surface area contributed by atoms with Crippen LogP contribution in [-0.2, 0) is 5.92 Å². The van der Waals surface area contributed by atoms with Crippen LogP contribution < -0.4 is 0 Å². The molecule has 1 aromatic carbocycles. The van der Waals surface area contributed by atoms with Crippen LogP contribution in [0.25, 0.3) is 0 Å². The summed E-state index contributed by atoms with van der Waals surface area (Å²) in [6.45, 7) is 9.64. The van der Waals surface area contributed by atoms with Crippen LogP contribution in [0.3, 0.4) is 0 Å². The number of hydrogen-bond acceptors (Lipinski definition) is 1. The van der Waals surface area contributed by atoms with Crippen molar-refractivity contribution >= 4 is 0 Å². The minimum absolute atomic E-state index is 0.0937. The Morgan fingerprint density at radius 3 is 2.36 bits per heavy atom. The fourth-order valence-corrected chi connectivity index (χ4v) is 3.46. The predicted molar refractivity (Wildman–Crippen MR) is 88.2 cm³/mol. The first-order valence-electron chi connectivity index (χ1n) is 8.25. The van der Waals surface area contributed by atoms with E-state index in [1.807, 2.05) is 12.1 Å². The molecule has 0 aromatic heterocycles. The zero-order valence-corrected chi connectivity index (χ0v) is 14.1. The molecule has 122 valence electrons. The zero-order valence-electron chi connectivity index (χ0n) is 14.1. The molecule has 0 bridgehead atoms. The van der Waals surface area contributed by atoms with Crippen LogP contribution in [0.4, 0.5) is 8.78 Å². The minimum Gasteiger partial charge on any atom is -0.374 e. The van der Waals surface area contributed by atoms with Crippen molar-refractivity contribution in [2.75, 3.05) is 13.1 Å². The van der Waals surface area contributed by atoms with Crippen LogP contribution in [0.1, 0.15) is 64.0 Å². The predicted octanol–water partition coefficient (Wildman–Crippen LogP) is 5.68. The third kappa shape index (κ3) is 3.68. The largest absolute Gasteiger partial charge is 0.374 e. The van der Waals surface area contributed by atoms with Gasteiger partial charge in [0.05, 0.1) is 0 Å². The summed E-state index contributed by atoms with van der Waals surface area (Å²) in [6.07, 6.45) is 3.39. The number of alkyl halides is 2. The molecule has 1 unspecified atom stereocenters. The summed E-state index contributed by atoms with van der Waals surface area (Å²) in [6, 6.07) is 6.93. The summed E-state index contributed by atoms with van der Waals surface area (Å²) in [5.74, 6) is -2.43. The van der Waals surface area contributed by atoms with Crippen LogP contribution >= 0.6 is 0 Å². The Hall–Kier alpha value is -1.38. The first kappa shape index (κ1) is 17.0. The topological polar surface area (TPSA) is 3.24 Å². The molecular weight excluding hydrogens is 280 g/mol. The van der Waals surface area contributed by atoms with Gasteiger partial charge in [-0.3, -0.25) is 0 Å². The smallest absolute Gasteiger partial charge is 0.270 e. The van der Waals surface area contributed by atoms with Crippen LogP contribution in [0.2, 0.25) is 0 Å². The SMILES string of the molecule is CCCN1CCCC(c2ccc(C(C)(F)F)cc2)C1=C(C)C. The Balaban J connectivity index is 2.31. The van der Waals surface area contributed by atoms with Gasteiger partial charge in [-0.25, -0.2) is 8.78 Å². The van der Waals surface area contributed by atoms with E-state index in [0.29, 0.717) is 5.92 Å².